The molecule has 3 nitrogen and oxygen atoms in total. The predicted octanol–water partition coefficient (Wildman–Crippen LogP) is 1.84. The molecule has 11 heavy (non-hydrogen) atoms. The Hall–Kier alpha value is -1.38. The van der Waals surface area contributed by atoms with E-state index in [0.717, 1.165) is 22.2 Å². The molecule has 0 amide bonds. The lowest BCUT2D eigenvalue weighted by Gasteiger charge is -1.93. The quantitative estimate of drug-likeness (QED) is 0.572. The number of aromatic nitrogens is 2. The summed E-state index contributed by atoms with van der Waals surface area (Å²) in [7, 11) is 0. The second kappa shape index (κ2) is 2.05. The van der Waals surface area contributed by atoms with Crippen LogP contribution in [0, 0.1) is 13.8 Å². The van der Waals surface area contributed by atoms with Gasteiger partial charge in [-0.2, -0.15) is 0 Å². The molecule has 0 spiro atoms. The van der Waals surface area contributed by atoms with Crippen LogP contribution >= 0.6 is 0 Å². The molecular weight excluding hydrogens is 140 g/mol. The fraction of sp³-hybridized carbons (Fsp3) is 0.250. The zero-order valence-corrected chi connectivity index (χ0v) is 6.46. The summed E-state index contributed by atoms with van der Waals surface area (Å²) in [5, 5.41) is 7.59. The van der Waals surface area contributed by atoms with Crippen LogP contribution in [0.25, 0.3) is 11.0 Å². The molecular formula is C8H8N2O. The average molecular weight is 148 g/mol. The van der Waals surface area contributed by atoms with E-state index in [4.69, 9.17) is 0 Å². The van der Waals surface area contributed by atoms with Crippen LogP contribution in [-0.4, -0.2) is 10.3 Å². The number of nitrogens with zero attached hydrogens (tertiary/aromatic N) is 2. The molecule has 0 aliphatic heterocycles. The molecule has 0 unspecified atom stereocenters. The highest BCUT2D eigenvalue weighted by Crippen LogP contribution is 2.17. The zero-order chi connectivity index (χ0) is 7.84. The first-order valence-electron chi connectivity index (χ1n) is 3.47. The number of aryl methyl sites for hydroxylation is 2. The van der Waals surface area contributed by atoms with Crippen LogP contribution in [0.4, 0.5) is 0 Å². The first-order valence-corrected chi connectivity index (χ1v) is 3.47. The fourth-order valence-corrected chi connectivity index (χ4v) is 1.11. The molecule has 0 radical (unpaired) electrons. The predicted molar refractivity (Wildman–Crippen MR) is 41.3 cm³/mol. The monoisotopic (exact) mass is 148 g/mol. The van der Waals surface area contributed by atoms with Gasteiger partial charge in [-0.05, 0) is 35.3 Å². The van der Waals surface area contributed by atoms with E-state index >= 15 is 0 Å². The zero-order valence-electron chi connectivity index (χ0n) is 6.46. The second-order valence-electron chi connectivity index (χ2n) is 2.66. The van der Waals surface area contributed by atoms with E-state index in [0.29, 0.717) is 0 Å². The van der Waals surface area contributed by atoms with Crippen molar-refractivity contribution in [2.45, 2.75) is 13.8 Å². The van der Waals surface area contributed by atoms with Gasteiger partial charge in [-0.1, -0.05) is 12.1 Å². The van der Waals surface area contributed by atoms with Crippen molar-refractivity contribution in [2.75, 3.05) is 0 Å². The van der Waals surface area contributed by atoms with Crippen LogP contribution in [0.3, 0.4) is 0 Å². The van der Waals surface area contributed by atoms with Crippen molar-refractivity contribution in [3.63, 3.8) is 0 Å². The topological polar surface area (TPSA) is 38.9 Å². The first kappa shape index (κ1) is 6.34. The second-order valence-corrected chi connectivity index (χ2v) is 2.66. The summed E-state index contributed by atoms with van der Waals surface area (Å²) >= 11 is 0. The molecule has 0 fully saturated rings. The number of fused-ring (bicyclic) bond motifs is 1. The molecule has 0 N–H and O–H groups in total. The minimum Gasteiger partial charge on any atom is -0.243 e. The van der Waals surface area contributed by atoms with Gasteiger partial charge in [0.15, 0.2) is 0 Å². The van der Waals surface area contributed by atoms with Gasteiger partial charge < -0.3 is 0 Å². The molecule has 0 saturated heterocycles. The molecule has 1 aromatic heterocycles. The van der Waals surface area contributed by atoms with Crippen molar-refractivity contribution in [3.05, 3.63) is 23.3 Å². The van der Waals surface area contributed by atoms with Gasteiger partial charge in [-0.15, -0.1) is 0 Å². The minimum atomic E-state index is 0.866. The maximum atomic E-state index is 4.63. The third-order valence-corrected chi connectivity index (χ3v) is 1.82. The van der Waals surface area contributed by atoms with Crippen molar-refractivity contribution in [3.8, 4) is 0 Å². The lowest BCUT2D eigenvalue weighted by molar-refractivity contribution is 0.315. The average Bonchev–Trinajstić information content (AvgIpc) is 2.45. The highest BCUT2D eigenvalue weighted by Gasteiger charge is 2.04. The number of rotatable bonds is 0. The van der Waals surface area contributed by atoms with Gasteiger partial charge in [0.2, 0.25) is 0 Å². The van der Waals surface area contributed by atoms with Gasteiger partial charge in [-0.25, -0.2) is 4.63 Å². The maximum Gasteiger partial charge on any atom is 0.138 e. The van der Waals surface area contributed by atoms with E-state index in [1.807, 2.05) is 26.0 Å². The van der Waals surface area contributed by atoms with E-state index in [1.165, 1.54) is 0 Å². The van der Waals surface area contributed by atoms with Gasteiger partial charge in [0.25, 0.3) is 0 Å². The number of hydrogen-bond acceptors (Lipinski definition) is 3. The molecule has 1 aromatic carbocycles. The van der Waals surface area contributed by atoms with Crippen LogP contribution in [0.5, 0.6) is 0 Å². The normalized spacial score (nSPS) is 10.7. The van der Waals surface area contributed by atoms with Crippen molar-refractivity contribution >= 4 is 11.0 Å². The molecule has 0 aliphatic rings. The van der Waals surface area contributed by atoms with Crippen molar-refractivity contribution in [1.82, 2.24) is 10.3 Å². The molecule has 2 aromatic rings. The molecule has 2 rings (SSSR count). The van der Waals surface area contributed by atoms with Gasteiger partial charge in [-0.3, -0.25) is 0 Å². The SMILES string of the molecule is Cc1ccc(C)c2nonc12. The maximum absolute atomic E-state index is 4.63. The van der Waals surface area contributed by atoms with Gasteiger partial charge in [0.05, 0.1) is 0 Å². The molecule has 0 aliphatic carbocycles. The molecule has 0 saturated carbocycles. The first-order chi connectivity index (χ1) is 5.29. The number of benzene rings is 1. The van der Waals surface area contributed by atoms with Gasteiger partial charge >= 0.3 is 0 Å². The summed E-state index contributed by atoms with van der Waals surface area (Å²) in [6, 6.07) is 4.03. The van der Waals surface area contributed by atoms with E-state index in [9.17, 15) is 0 Å². The van der Waals surface area contributed by atoms with E-state index < -0.39 is 0 Å². The Bertz CT molecular complexity index is 356. The van der Waals surface area contributed by atoms with Crippen molar-refractivity contribution < 1.29 is 4.63 Å². The third kappa shape index (κ3) is 0.808. The van der Waals surface area contributed by atoms with Gasteiger partial charge in [0.1, 0.15) is 11.0 Å². The minimum absolute atomic E-state index is 0.866. The standard InChI is InChI=1S/C8H8N2O/c1-5-3-4-6(2)8-7(5)9-11-10-8/h3-4H,1-2H3. The summed E-state index contributed by atoms with van der Waals surface area (Å²) in [6.07, 6.45) is 0. The summed E-state index contributed by atoms with van der Waals surface area (Å²) in [4.78, 5) is 0. The molecule has 1 heterocycles. The van der Waals surface area contributed by atoms with Crippen molar-refractivity contribution in [2.24, 2.45) is 0 Å². The Morgan fingerprint density at radius 3 is 1.91 bits per heavy atom. The van der Waals surface area contributed by atoms with Crippen LogP contribution in [-0.2, 0) is 0 Å². The molecule has 0 atom stereocenters. The Morgan fingerprint density at radius 2 is 1.45 bits per heavy atom. The van der Waals surface area contributed by atoms with Crippen molar-refractivity contribution in [1.29, 1.82) is 0 Å². The van der Waals surface area contributed by atoms with E-state index in [1.54, 1.807) is 0 Å². The highest BCUT2D eigenvalue weighted by molar-refractivity contribution is 5.79. The summed E-state index contributed by atoms with van der Waals surface area (Å²) in [5.41, 5.74) is 3.94. The van der Waals surface area contributed by atoms with Crippen LogP contribution < -0.4 is 0 Å². The smallest absolute Gasteiger partial charge is 0.138 e. The van der Waals surface area contributed by atoms with Crippen LogP contribution in [0.15, 0.2) is 16.8 Å². The van der Waals surface area contributed by atoms with Crippen LogP contribution in [0.2, 0.25) is 0 Å². The van der Waals surface area contributed by atoms with E-state index in [2.05, 4.69) is 14.9 Å². The molecule has 0 bridgehead atoms. The fourth-order valence-electron chi connectivity index (χ4n) is 1.11. The van der Waals surface area contributed by atoms with Gasteiger partial charge in [0, 0.05) is 0 Å². The lowest BCUT2D eigenvalue weighted by Crippen LogP contribution is -1.79. The summed E-state index contributed by atoms with van der Waals surface area (Å²) < 4.78 is 4.63. The summed E-state index contributed by atoms with van der Waals surface area (Å²) in [6.45, 7) is 3.98. The lowest BCUT2D eigenvalue weighted by atomic mass is 10.1. The summed E-state index contributed by atoms with van der Waals surface area (Å²) in [5.74, 6) is 0. The number of hydrogen-bond donors (Lipinski definition) is 0. The van der Waals surface area contributed by atoms with E-state index in [-0.39, 0.29) is 0 Å². The molecule has 56 valence electrons. The Morgan fingerprint density at radius 1 is 1.00 bits per heavy atom. The Labute approximate surface area is 64.0 Å². The Kier molecular flexibility index (Phi) is 1.18. The highest BCUT2D eigenvalue weighted by atomic mass is 16.6. The van der Waals surface area contributed by atoms with Crippen LogP contribution in [0.1, 0.15) is 11.1 Å². The molecule has 3 heteroatoms. The Balaban J connectivity index is 2.96. The third-order valence-electron chi connectivity index (χ3n) is 1.82. The largest absolute Gasteiger partial charge is 0.243 e.